The van der Waals surface area contributed by atoms with Crippen LogP contribution in [0.3, 0.4) is 0 Å². The lowest BCUT2D eigenvalue weighted by Crippen LogP contribution is -1.79. The zero-order chi connectivity index (χ0) is 15.7. The summed E-state index contributed by atoms with van der Waals surface area (Å²) in [4.78, 5) is 0. The highest BCUT2D eigenvalue weighted by Gasteiger charge is 2.03. The van der Waals surface area contributed by atoms with Gasteiger partial charge in [-0.3, -0.25) is 0 Å². The molecule has 0 bridgehead atoms. The average Bonchev–Trinajstić information content (AvgIpc) is 2.43. The number of phenolic OH excluding ortho intramolecular Hbond substituents is 1. The maximum absolute atomic E-state index is 12.1. The number of halogens is 4. The fourth-order valence-electron chi connectivity index (χ4n) is 0.884. The highest BCUT2D eigenvalue weighted by molar-refractivity contribution is 5.22. The molecule has 0 aromatic heterocycles. The first-order chi connectivity index (χ1) is 9.41. The molecule has 2 nitrogen and oxygen atoms in total. The van der Waals surface area contributed by atoms with Gasteiger partial charge in [-0.25, -0.2) is 8.78 Å². The smallest absolute Gasteiger partial charge is 0.213 e. The van der Waals surface area contributed by atoms with Gasteiger partial charge in [-0.05, 0) is 18.2 Å². The highest BCUT2D eigenvalue weighted by Crippen LogP contribution is 2.15. The van der Waals surface area contributed by atoms with E-state index in [1.807, 2.05) is 19.9 Å². The first-order valence-electron chi connectivity index (χ1n) is 5.52. The topological polar surface area (TPSA) is 40.5 Å². The van der Waals surface area contributed by atoms with Crippen LogP contribution >= 0.6 is 0 Å². The van der Waals surface area contributed by atoms with Crippen LogP contribution in [0, 0.1) is 35.4 Å². The van der Waals surface area contributed by atoms with Gasteiger partial charge in [-0.2, -0.15) is 8.78 Å². The number of aromatic hydroxyl groups is 2. The third-order valence-corrected chi connectivity index (χ3v) is 1.72. The molecule has 0 unspecified atom stereocenters. The zero-order valence-electron chi connectivity index (χ0n) is 10.7. The molecule has 0 saturated carbocycles. The molecule has 2 rings (SSSR count). The van der Waals surface area contributed by atoms with Gasteiger partial charge < -0.3 is 10.2 Å². The Morgan fingerprint density at radius 2 is 1.55 bits per heavy atom. The van der Waals surface area contributed by atoms with Crippen molar-refractivity contribution in [1.29, 1.82) is 0 Å². The van der Waals surface area contributed by atoms with Gasteiger partial charge >= 0.3 is 0 Å². The Kier molecular flexibility index (Phi) is 7.60. The summed E-state index contributed by atoms with van der Waals surface area (Å²) in [5, 5.41) is 16.9. The molecule has 0 fully saturated rings. The number of rotatable bonds is 0. The SMILES string of the molecule is CC.Oc1cc#cc(F)c1F.Oc1cc(F)ccc1F. The molecule has 0 radical (unpaired) electrons. The van der Waals surface area contributed by atoms with Crippen LogP contribution in [0.25, 0.3) is 0 Å². The summed E-state index contributed by atoms with van der Waals surface area (Å²) in [7, 11) is 0. The van der Waals surface area contributed by atoms with E-state index in [0.29, 0.717) is 0 Å². The number of phenols is 1. The summed E-state index contributed by atoms with van der Waals surface area (Å²) < 4.78 is 48.1. The van der Waals surface area contributed by atoms with Crippen molar-refractivity contribution in [3.63, 3.8) is 0 Å². The number of hydrogen-bond acceptors (Lipinski definition) is 2. The van der Waals surface area contributed by atoms with E-state index in [9.17, 15) is 17.6 Å². The van der Waals surface area contributed by atoms with Crippen LogP contribution in [0.1, 0.15) is 13.8 Å². The predicted octanol–water partition coefficient (Wildman–Crippen LogP) is 3.97. The Balaban J connectivity index is 0.000000321. The molecule has 108 valence electrons. The Labute approximate surface area is 113 Å². The van der Waals surface area contributed by atoms with Crippen LogP contribution in [0.15, 0.2) is 24.3 Å². The molecule has 0 aliphatic rings. The van der Waals surface area contributed by atoms with Crippen LogP contribution in [0.2, 0.25) is 0 Å². The summed E-state index contributed by atoms with van der Waals surface area (Å²) in [6.07, 6.45) is 0. The first kappa shape index (κ1) is 17.6. The van der Waals surface area contributed by atoms with E-state index in [2.05, 4.69) is 6.07 Å². The predicted molar refractivity (Wildman–Crippen MR) is 65.1 cm³/mol. The molecule has 0 aliphatic carbocycles. The van der Waals surface area contributed by atoms with Crippen molar-refractivity contribution in [2.45, 2.75) is 13.8 Å². The van der Waals surface area contributed by atoms with Gasteiger partial charge in [0.05, 0.1) is 0 Å². The van der Waals surface area contributed by atoms with E-state index < -0.39 is 34.8 Å². The molecule has 0 spiro atoms. The van der Waals surface area contributed by atoms with Gasteiger partial charge in [0.1, 0.15) is 5.82 Å². The zero-order valence-corrected chi connectivity index (χ0v) is 10.7. The quantitative estimate of drug-likeness (QED) is 0.720. The minimum atomic E-state index is -1.28. The van der Waals surface area contributed by atoms with Crippen LogP contribution in [0.5, 0.6) is 11.5 Å². The normalized spacial score (nSPS) is 8.50. The van der Waals surface area contributed by atoms with Gasteiger partial charge in [0, 0.05) is 12.1 Å². The molecule has 0 saturated heterocycles. The molecule has 0 amide bonds. The van der Waals surface area contributed by atoms with Gasteiger partial charge in [0.25, 0.3) is 0 Å². The number of hydrogen-bond donors (Lipinski definition) is 2. The van der Waals surface area contributed by atoms with E-state index in [1.165, 1.54) is 0 Å². The van der Waals surface area contributed by atoms with Gasteiger partial charge in [-0.15, -0.1) is 0 Å². The van der Waals surface area contributed by atoms with Crippen molar-refractivity contribution in [2.24, 2.45) is 0 Å². The van der Waals surface area contributed by atoms with E-state index in [0.717, 1.165) is 24.3 Å². The summed E-state index contributed by atoms with van der Waals surface area (Å²) >= 11 is 0. The van der Waals surface area contributed by atoms with Gasteiger partial charge in [0.15, 0.2) is 17.3 Å². The second-order valence-corrected chi connectivity index (χ2v) is 3.02. The van der Waals surface area contributed by atoms with Crippen molar-refractivity contribution in [3.05, 3.63) is 59.7 Å². The van der Waals surface area contributed by atoms with Crippen molar-refractivity contribution in [1.82, 2.24) is 0 Å². The second kappa shape index (κ2) is 8.64. The Morgan fingerprint density at radius 3 is 1.95 bits per heavy atom. The molecule has 6 heteroatoms. The van der Waals surface area contributed by atoms with E-state index in [-0.39, 0.29) is 0 Å². The van der Waals surface area contributed by atoms with Crippen LogP contribution in [-0.2, 0) is 0 Å². The van der Waals surface area contributed by atoms with E-state index in [1.54, 1.807) is 0 Å². The molecule has 0 heterocycles. The summed E-state index contributed by atoms with van der Waals surface area (Å²) in [6.45, 7) is 4.00. The molecular weight excluding hydrogens is 276 g/mol. The first-order valence-corrected chi connectivity index (χ1v) is 5.52. The van der Waals surface area contributed by atoms with E-state index in [4.69, 9.17) is 10.2 Å². The minimum absolute atomic E-state index is 0.645. The van der Waals surface area contributed by atoms with Crippen molar-refractivity contribution < 1.29 is 27.8 Å². The summed E-state index contributed by atoms with van der Waals surface area (Å²) in [5.41, 5.74) is 0. The molecule has 2 aromatic carbocycles. The molecule has 0 aliphatic heterocycles. The maximum Gasteiger partial charge on any atom is 0.213 e. The molecular formula is C14H12F4O2. The van der Waals surface area contributed by atoms with Gasteiger partial charge in [-0.1, -0.05) is 19.9 Å². The fraction of sp³-hybridized carbons (Fsp3) is 0.143. The lowest BCUT2D eigenvalue weighted by Gasteiger charge is -1.91. The number of benzene rings is 1. The van der Waals surface area contributed by atoms with Gasteiger partial charge in [0.2, 0.25) is 11.6 Å². The third-order valence-electron chi connectivity index (χ3n) is 1.72. The minimum Gasteiger partial charge on any atom is -0.505 e. The van der Waals surface area contributed by atoms with Crippen molar-refractivity contribution >= 4 is 0 Å². The standard InChI is InChI=1S/C6H4F2O.C6H2F2O.C2H6/c7-4-1-2-5(8)6(9)3-4;7-4-2-1-3-5(9)6(4)8;1-2/h1-3,9H;3,9H;1-2H3. The highest BCUT2D eigenvalue weighted by atomic mass is 19.2. The molecule has 20 heavy (non-hydrogen) atoms. The fourth-order valence-corrected chi connectivity index (χ4v) is 0.884. The largest absolute Gasteiger partial charge is 0.505 e. The molecule has 2 aromatic rings. The lowest BCUT2D eigenvalue weighted by molar-refractivity contribution is 0.408. The summed E-state index contributed by atoms with van der Waals surface area (Å²) in [6, 6.07) is 7.32. The maximum atomic E-state index is 12.1. The van der Waals surface area contributed by atoms with E-state index >= 15 is 0 Å². The van der Waals surface area contributed by atoms with Crippen molar-refractivity contribution in [3.8, 4) is 11.5 Å². The average molecular weight is 288 g/mol. The Morgan fingerprint density at radius 1 is 0.950 bits per heavy atom. The lowest BCUT2D eigenvalue weighted by atomic mass is 10.3. The second-order valence-electron chi connectivity index (χ2n) is 3.02. The summed E-state index contributed by atoms with van der Waals surface area (Å²) in [5.74, 6) is -5.35. The van der Waals surface area contributed by atoms with Crippen LogP contribution in [-0.4, -0.2) is 10.2 Å². The van der Waals surface area contributed by atoms with Crippen molar-refractivity contribution in [2.75, 3.05) is 0 Å². The Bertz CT molecular complexity index is 524. The van der Waals surface area contributed by atoms with Crippen LogP contribution in [0.4, 0.5) is 17.6 Å². The molecule has 2 N–H and O–H groups in total. The van der Waals surface area contributed by atoms with Crippen LogP contribution < -0.4 is 0 Å². The Hall–Kier alpha value is -2.42. The third kappa shape index (κ3) is 5.48. The monoisotopic (exact) mass is 288 g/mol. The molecule has 0 atom stereocenters.